The molecule has 1 heterocycles. The van der Waals surface area contributed by atoms with E-state index in [1.54, 1.807) is 11.3 Å². The number of halogens is 2. The Balaban J connectivity index is 1.46. The van der Waals surface area contributed by atoms with Crippen LogP contribution in [0.5, 0.6) is 5.75 Å². The molecule has 0 radical (unpaired) electrons. The number of carbonyl (C=O) groups excluding carboxylic acids is 1. The van der Waals surface area contributed by atoms with Crippen molar-refractivity contribution in [2.24, 2.45) is 0 Å². The van der Waals surface area contributed by atoms with E-state index < -0.39 is 6.61 Å². The fourth-order valence-corrected chi connectivity index (χ4v) is 3.98. The Morgan fingerprint density at radius 3 is 2.68 bits per heavy atom. The average Bonchev–Trinajstić information content (AvgIpc) is 2.99. The van der Waals surface area contributed by atoms with Gasteiger partial charge >= 0.3 is 6.61 Å². The van der Waals surface area contributed by atoms with Gasteiger partial charge in [-0.3, -0.25) is 4.79 Å². The summed E-state index contributed by atoms with van der Waals surface area (Å²) in [7, 11) is 0. The number of fused-ring (bicyclic) bond motifs is 1. The number of thioether (sulfide) groups is 1. The Morgan fingerprint density at radius 1 is 1.20 bits per heavy atom. The van der Waals surface area contributed by atoms with Gasteiger partial charge in [0.05, 0.1) is 16.0 Å². The molecule has 8 heteroatoms. The molecule has 2 aromatic carbocycles. The second-order valence-corrected chi connectivity index (χ2v) is 7.12. The van der Waals surface area contributed by atoms with E-state index in [4.69, 9.17) is 0 Å². The predicted molar refractivity (Wildman–Crippen MR) is 97.5 cm³/mol. The van der Waals surface area contributed by atoms with Gasteiger partial charge in [-0.05, 0) is 36.4 Å². The molecule has 0 bridgehead atoms. The monoisotopic (exact) mass is 380 g/mol. The number of amides is 1. The van der Waals surface area contributed by atoms with Crippen LogP contribution in [0.1, 0.15) is 5.01 Å². The summed E-state index contributed by atoms with van der Waals surface area (Å²) in [6, 6.07) is 13.7. The summed E-state index contributed by atoms with van der Waals surface area (Å²) < 4.78 is 29.5. The minimum atomic E-state index is -2.86. The van der Waals surface area contributed by atoms with Crippen LogP contribution in [0.25, 0.3) is 10.2 Å². The molecule has 0 saturated heterocycles. The van der Waals surface area contributed by atoms with Crippen LogP contribution in [0, 0.1) is 0 Å². The van der Waals surface area contributed by atoms with Crippen molar-refractivity contribution in [2.75, 3.05) is 11.1 Å². The topological polar surface area (TPSA) is 51.2 Å². The summed E-state index contributed by atoms with van der Waals surface area (Å²) in [6.45, 7) is -2.86. The van der Waals surface area contributed by atoms with Crippen LogP contribution < -0.4 is 10.1 Å². The number of hydrogen-bond acceptors (Lipinski definition) is 5. The zero-order valence-corrected chi connectivity index (χ0v) is 14.6. The lowest BCUT2D eigenvalue weighted by atomic mass is 10.3. The molecule has 1 amide bonds. The molecule has 0 saturated carbocycles. The number of aromatic nitrogens is 1. The summed E-state index contributed by atoms with van der Waals surface area (Å²) in [4.78, 5) is 16.5. The van der Waals surface area contributed by atoms with Crippen molar-refractivity contribution in [3.05, 3.63) is 53.5 Å². The van der Waals surface area contributed by atoms with E-state index in [0.29, 0.717) is 11.4 Å². The average molecular weight is 380 g/mol. The van der Waals surface area contributed by atoms with Gasteiger partial charge in [0.15, 0.2) is 0 Å². The molecule has 1 aromatic heterocycles. The SMILES string of the molecule is O=C(CSCc1nc2ccccc2s1)Nc1ccc(OC(F)F)cc1. The highest BCUT2D eigenvalue weighted by molar-refractivity contribution is 7.99. The number of benzene rings is 2. The van der Waals surface area contributed by atoms with E-state index >= 15 is 0 Å². The Kier molecular flexibility index (Phi) is 5.83. The quantitative estimate of drug-likeness (QED) is 0.641. The van der Waals surface area contributed by atoms with Crippen molar-refractivity contribution in [3.8, 4) is 5.75 Å². The predicted octanol–water partition coefficient (Wildman–Crippen LogP) is 4.77. The van der Waals surface area contributed by atoms with E-state index in [0.717, 1.165) is 15.2 Å². The molecule has 0 unspecified atom stereocenters. The van der Waals surface area contributed by atoms with Gasteiger partial charge in [-0.1, -0.05) is 12.1 Å². The maximum atomic E-state index is 12.1. The molecule has 0 aliphatic heterocycles. The summed E-state index contributed by atoms with van der Waals surface area (Å²) in [6.07, 6.45) is 0. The van der Waals surface area contributed by atoms with Gasteiger partial charge in [-0.25, -0.2) is 4.98 Å². The number of rotatable bonds is 7. The van der Waals surface area contributed by atoms with Gasteiger partial charge in [0.2, 0.25) is 5.91 Å². The van der Waals surface area contributed by atoms with Gasteiger partial charge in [0, 0.05) is 11.4 Å². The van der Waals surface area contributed by atoms with Crippen molar-refractivity contribution in [2.45, 2.75) is 12.4 Å². The summed E-state index contributed by atoms with van der Waals surface area (Å²) >= 11 is 3.09. The van der Waals surface area contributed by atoms with E-state index in [1.165, 1.54) is 36.0 Å². The van der Waals surface area contributed by atoms with Crippen LogP contribution >= 0.6 is 23.1 Å². The Hall–Kier alpha value is -2.19. The Morgan fingerprint density at radius 2 is 1.96 bits per heavy atom. The van der Waals surface area contributed by atoms with E-state index in [-0.39, 0.29) is 17.4 Å². The van der Waals surface area contributed by atoms with Crippen LogP contribution in [0.2, 0.25) is 0 Å². The number of alkyl halides is 2. The van der Waals surface area contributed by atoms with Crippen molar-refractivity contribution < 1.29 is 18.3 Å². The number of hydrogen-bond donors (Lipinski definition) is 1. The summed E-state index contributed by atoms with van der Waals surface area (Å²) in [5.41, 5.74) is 1.51. The maximum absolute atomic E-state index is 12.1. The molecule has 3 rings (SSSR count). The molecule has 0 atom stereocenters. The molecule has 0 aliphatic rings. The Bertz CT molecular complexity index is 820. The number of thiazole rings is 1. The fourth-order valence-electron chi connectivity index (χ4n) is 2.13. The van der Waals surface area contributed by atoms with Gasteiger partial charge in [0.1, 0.15) is 10.8 Å². The van der Waals surface area contributed by atoms with Crippen molar-refractivity contribution in [1.29, 1.82) is 0 Å². The lowest BCUT2D eigenvalue weighted by Gasteiger charge is -2.07. The van der Waals surface area contributed by atoms with Gasteiger partial charge in [-0.15, -0.1) is 23.1 Å². The molecule has 1 N–H and O–H groups in total. The summed E-state index contributed by atoms with van der Waals surface area (Å²) in [5, 5.41) is 3.69. The van der Waals surface area contributed by atoms with E-state index in [1.807, 2.05) is 24.3 Å². The van der Waals surface area contributed by atoms with Crippen LogP contribution in [-0.2, 0) is 10.5 Å². The van der Waals surface area contributed by atoms with Crippen LogP contribution in [-0.4, -0.2) is 23.3 Å². The number of anilines is 1. The molecule has 130 valence electrons. The van der Waals surface area contributed by atoms with Crippen molar-refractivity contribution in [1.82, 2.24) is 4.98 Å². The molecule has 25 heavy (non-hydrogen) atoms. The number of ether oxygens (including phenoxy) is 1. The minimum Gasteiger partial charge on any atom is -0.435 e. The first-order valence-electron chi connectivity index (χ1n) is 7.37. The van der Waals surface area contributed by atoms with Crippen LogP contribution in [0.3, 0.4) is 0 Å². The third-order valence-corrected chi connectivity index (χ3v) is 5.32. The van der Waals surface area contributed by atoms with E-state index in [9.17, 15) is 13.6 Å². The molecule has 4 nitrogen and oxygen atoms in total. The van der Waals surface area contributed by atoms with Crippen molar-refractivity contribution in [3.63, 3.8) is 0 Å². The first-order valence-corrected chi connectivity index (χ1v) is 9.34. The number of para-hydroxylation sites is 1. The lowest BCUT2D eigenvalue weighted by Crippen LogP contribution is -2.14. The summed E-state index contributed by atoms with van der Waals surface area (Å²) in [5.74, 6) is 0.839. The highest BCUT2D eigenvalue weighted by atomic mass is 32.2. The maximum Gasteiger partial charge on any atom is 0.387 e. The zero-order valence-electron chi connectivity index (χ0n) is 12.9. The van der Waals surface area contributed by atoms with Gasteiger partial charge in [0.25, 0.3) is 0 Å². The van der Waals surface area contributed by atoms with E-state index in [2.05, 4.69) is 15.0 Å². The highest BCUT2D eigenvalue weighted by Crippen LogP contribution is 2.25. The van der Waals surface area contributed by atoms with Gasteiger partial charge < -0.3 is 10.1 Å². The minimum absolute atomic E-state index is 0.0539. The van der Waals surface area contributed by atoms with Crippen LogP contribution in [0.15, 0.2) is 48.5 Å². The third kappa shape index (κ3) is 5.14. The largest absolute Gasteiger partial charge is 0.435 e. The molecular formula is C17H14F2N2O2S2. The highest BCUT2D eigenvalue weighted by Gasteiger charge is 2.07. The molecule has 0 spiro atoms. The fraction of sp³-hybridized carbons (Fsp3) is 0.176. The normalized spacial score (nSPS) is 11.0. The molecule has 0 aliphatic carbocycles. The third-order valence-electron chi connectivity index (χ3n) is 3.16. The van der Waals surface area contributed by atoms with Gasteiger partial charge in [-0.2, -0.15) is 8.78 Å². The van der Waals surface area contributed by atoms with Crippen molar-refractivity contribution >= 4 is 44.9 Å². The number of nitrogens with one attached hydrogen (secondary N) is 1. The second kappa shape index (κ2) is 8.26. The Labute approximate surface area is 151 Å². The number of nitrogens with zero attached hydrogens (tertiary/aromatic N) is 1. The molecule has 3 aromatic rings. The zero-order chi connectivity index (χ0) is 17.6. The van der Waals surface area contributed by atoms with Crippen LogP contribution in [0.4, 0.5) is 14.5 Å². The molecule has 0 fully saturated rings. The first kappa shape index (κ1) is 17.6. The number of carbonyl (C=O) groups is 1. The lowest BCUT2D eigenvalue weighted by molar-refractivity contribution is -0.113. The standard InChI is InChI=1S/C17H14F2N2O2S2/c18-17(19)23-12-7-5-11(6-8-12)20-15(22)9-24-10-16-21-13-3-1-2-4-14(13)25-16/h1-8,17H,9-10H2,(H,20,22). The first-order chi connectivity index (χ1) is 12.1. The second-order valence-electron chi connectivity index (χ2n) is 5.02. The molecular weight excluding hydrogens is 366 g/mol. The smallest absolute Gasteiger partial charge is 0.387 e.